The van der Waals surface area contributed by atoms with Crippen LogP contribution in [-0.4, -0.2) is 4.98 Å². The maximum atomic E-state index is 12.8. The first-order valence-corrected chi connectivity index (χ1v) is 5.14. The Hall–Kier alpha value is -1.79. The molecule has 0 N–H and O–H groups in total. The summed E-state index contributed by atoms with van der Waals surface area (Å²) >= 11 is 0. The third-order valence-electron chi connectivity index (χ3n) is 2.61. The summed E-state index contributed by atoms with van der Waals surface area (Å²) in [7, 11) is 0. The maximum Gasteiger partial charge on any atom is 0.417 e. The molecule has 1 aromatic heterocycles. The van der Waals surface area contributed by atoms with Gasteiger partial charge in [-0.25, -0.2) is 0 Å². The number of nitrogens with zero attached hydrogens (tertiary/aromatic N) is 1. The highest BCUT2D eigenvalue weighted by Crippen LogP contribution is 2.39. The average molecular weight is 279 g/mol. The minimum absolute atomic E-state index is 0.127. The third-order valence-corrected chi connectivity index (χ3v) is 2.61. The first kappa shape index (κ1) is 13.6. The zero-order valence-electron chi connectivity index (χ0n) is 9.52. The molecule has 0 radical (unpaired) electrons. The molecule has 0 saturated heterocycles. The normalized spacial score (nSPS) is 13.0. The standard InChI is InChI=1S/C12H7F6N/c1-6-2-9-7(5-19-6)3-8(11(13,14)15)4-10(9)12(16,17)18/h2-5H,1H3. The molecule has 0 atom stereocenters. The van der Waals surface area contributed by atoms with Crippen LogP contribution in [0.25, 0.3) is 10.8 Å². The van der Waals surface area contributed by atoms with E-state index < -0.39 is 23.5 Å². The second kappa shape index (κ2) is 4.11. The van der Waals surface area contributed by atoms with Gasteiger partial charge >= 0.3 is 12.4 Å². The summed E-state index contributed by atoms with van der Waals surface area (Å²) in [6.07, 6.45) is -8.68. The first-order chi connectivity index (χ1) is 8.59. The van der Waals surface area contributed by atoms with E-state index in [4.69, 9.17) is 0 Å². The predicted octanol–water partition coefficient (Wildman–Crippen LogP) is 4.58. The Morgan fingerprint density at radius 3 is 2.05 bits per heavy atom. The topological polar surface area (TPSA) is 12.9 Å². The van der Waals surface area contributed by atoms with Gasteiger partial charge in [0.05, 0.1) is 11.1 Å². The fraction of sp³-hybridized carbons (Fsp3) is 0.250. The van der Waals surface area contributed by atoms with Crippen molar-refractivity contribution in [2.45, 2.75) is 19.3 Å². The van der Waals surface area contributed by atoms with Crippen molar-refractivity contribution in [2.24, 2.45) is 0 Å². The lowest BCUT2D eigenvalue weighted by Gasteiger charge is -2.14. The molecule has 2 aromatic rings. The number of benzene rings is 1. The zero-order chi connectivity index (χ0) is 14.4. The number of hydrogen-bond donors (Lipinski definition) is 0. The molecule has 19 heavy (non-hydrogen) atoms. The van der Waals surface area contributed by atoms with Gasteiger partial charge in [-0.3, -0.25) is 4.98 Å². The number of pyridine rings is 1. The zero-order valence-corrected chi connectivity index (χ0v) is 9.52. The highest BCUT2D eigenvalue weighted by Gasteiger charge is 2.37. The van der Waals surface area contributed by atoms with E-state index in [1.807, 2.05) is 0 Å². The minimum atomic E-state index is -4.85. The van der Waals surface area contributed by atoms with Gasteiger partial charge in [0.25, 0.3) is 0 Å². The van der Waals surface area contributed by atoms with Crippen LogP contribution in [-0.2, 0) is 12.4 Å². The Morgan fingerprint density at radius 2 is 1.53 bits per heavy atom. The molecule has 1 aromatic carbocycles. The molecule has 0 spiro atoms. The van der Waals surface area contributed by atoms with Crippen LogP contribution in [0.3, 0.4) is 0 Å². The lowest BCUT2D eigenvalue weighted by atomic mass is 10.0. The quantitative estimate of drug-likeness (QED) is 0.643. The van der Waals surface area contributed by atoms with Crippen molar-refractivity contribution < 1.29 is 26.3 Å². The minimum Gasteiger partial charge on any atom is -0.261 e. The van der Waals surface area contributed by atoms with Gasteiger partial charge in [-0.1, -0.05) is 0 Å². The molecular formula is C12H7F6N. The van der Waals surface area contributed by atoms with Crippen molar-refractivity contribution in [2.75, 3.05) is 0 Å². The van der Waals surface area contributed by atoms with Gasteiger partial charge in [-0.15, -0.1) is 0 Å². The van der Waals surface area contributed by atoms with Crippen LogP contribution < -0.4 is 0 Å². The Balaban J connectivity index is 2.85. The van der Waals surface area contributed by atoms with Gasteiger partial charge < -0.3 is 0 Å². The SMILES string of the molecule is Cc1cc2c(C(F)(F)F)cc(C(F)(F)F)cc2cn1. The number of aromatic nitrogens is 1. The summed E-state index contributed by atoms with van der Waals surface area (Å²) < 4.78 is 76.2. The molecule has 0 aliphatic heterocycles. The van der Waals surface area contributed by atoms with E-state index in [2.05, 4.69) is 4.98 Å². The molecule has 2 rings (SSSR count). The maximum absolute atomic E-state index is 12.8. The smallest absolute Gasteiger partial charge is 0.261 e. The van der Waals surface area contributed by atoms with Crippen LogP contribution in [0.2, 0.25) is 0 Å². The monoisotopic (exact) mass is 279 g/mol. The summed E-state index contributed by atoms with van der Waals surface area (Å²) in [5, 5.41) is -0.472. The van der Waals surface area contributed by atoms with Crippen LogP contribution >= 0.6 is 0 Å². The summed E-state index contributed by atoms with van der Waals surface area (Å²) in [6.45, 7) is 1.47. The van der Waals surface area contributed by atoms with Gasteiger partial charge in [0.15, 0.2) is 0 Å². The third kappa shape index (κ3) is 2.64. The van der Waals surface area contributed by atoms with E-state index in [1.54, 1.807) is 0 Å². The number of alkyl halides is 6. The fourth-order valence-corrected chi connectivity index (χ4v) is 1.76. The lowest BCUT2D eigenvalue weighted by molar-refractivity contribution is -0.142. The van der Waals surface area contributed by atoms with Crippen LogP contribution in [0.1, 0.15) is 16.8 Å². The van der Waals surface area contributed by atoms with Gasteiger partial charge in [0, 0.05) is 17.3 Å². The molecule has 102 valence electrons. The van der Waals surface area contributed by atoms with Crippen molar-refractivity contribution in [3.05, 3.63) is 41.2 Å². The van der Waals surface area contributed by atoms with Gasteiger partial charge in [-0.05, 0) is 30.5 Å². The molecule has 0 aliphatic rings. The number of rotatable bonds is 0. The summed E-state index contributed by atoms with van der Waals surface area (Å²) in [4.78, 5) is 3.72. The summed E-state index contributed by atoms with van der Waals surface area (Å²) in [5.41, 5.74) is -2.33. The van der Waals surface area contributed by atoms with Crippen molar-refractivity contribution in [3.63, 3.8) is 0 Å². The Morgan fingerprint density at radius 1 is 0.895 bits per heavy atom. The van der Waals surface area contributed by atoms with Crippen LogP contribution in [0.4, 0.5) is 26.3 Å². The van der Waals surface area contributed by atoms with Crippen LogP contribution in [0.15, 0.2) is 24.4 Å². The van der Waals surface area contributed by atoms with E-state index in [9.17, 15) is 26.3 Å². The van der Waals surface area contributed by atoms with Crippen molar-refractivity contribution in [1.29, 1.82) is 0 Å². The predicted molar refractivity (Wildman–Crippen MR) is 56.5 cm³/mol. The van der Waals surface area contributed by atoms with Gasteiger partial charge in [-0.2, -0.15) is 26.3 Å². The summed E-state index contributed by atoms with van der Waals surface area (Å²) in [6, 6.07) is 1.91. The van der Waals surface area contributed by atoms with Gasteiger partial charge in [0.1, 0.15) is 0 Å². The summed E-state index contributed by atoms with van der Waals surface area (Å²) in [5.74, 6) is 0. The van der Waals surface area contributed by atoms with E-state index in [-0.39, 0.29) is 16.8 Å². The van der Waals surface area contributed by atoms with E-state index in [0.29, 0.717) is 11.8 Å². The first-order valence-electron chi connectivity index (χ1n) is 5.14. The van der Waals surface area contributed by atoms with Gasteiger partial charge in [0.2, 0.25) is 0 Å². The molecule has 7 heteroatoms. The molecule has 0 aliphatic carbocycles. The Labute approximate surface area is 103 Å². The Kier molecular flexibility index (Phi) is 2.95. The van der Waals surface area contributed by atoms with E-state index in [0.717, 1.165) is 12.3 Å². The molecule has 0 saturated carbocycles. The molecule has 0 unspecified atom stereocenters. The number of hydrogen-bond acceptors (Lipinski definition) is 1. The van der Waals surface area contributed by atoms with Crippen LogP contribution in [0.5, 0.6) is 0 Å². The van der Waals surface area contributed by atoms with E-state index in [1.165, 1.54) is 6.92 Å². The number of halogens is 6. The molecular weight excluding hydrogens is 272 g/mol. The Bertz CT molecular complexity index is 626. The molecule has 0 fully saturated rings. The molecule has 1 heterocycles. The lowest BCUT2D eigenvalue weighted by Crippen LogP contribution is -2.11. The largest absolute Gasteiger partial charge is 0.417 e. The highest BCUT2D eigenvalue weighted by molar-refractivity contribution is 5.86. The molecule has 1 nitrogen and oxygen atoms in total. The second-order valence-corrected chi connectivity index (χ2v) is 4.07. The highest BCUT2D eigenvalue weighted by atomic mass is 19.4. The number of fused-ring (bicyclic) bond motifs is 1. The second-order valence-electron chi connectivity index (χ2n) is 4.07. The van der Waals surface area contributed by atoms with Crippen LogP contribution in [0, 0.1) is 6.92 Å². The van der Waals surface area contributed by atoms with Crippen molar-refractivity contribution in [1.82, 2.24) is 4.98 Å². The number of aryl methyl sites for hydroxylation is 1. The fourth-order valence-electron chi connectivity index (χ4n) is 1.76. The average Bonchev–Trinajstić information content (AvgIpc) is 2.24. The van der Waals surface area contributed by atoms with Crippen molar-refractivity contribution >= 4 is 10.8 Å². The van der Waals surface area contributed by atoms with Crippen molar-refractivity contribution in [3.8, 4) is 0 Å². The molecule has 0 amide bonds. The molecule has 0 bridgehead atoms. The van der Waals surface area contributed by atoms with E-state index >= 15 is 0 Å².